The van der Waals surface area contributed by atoms with Gasteiger partial charge < -0.3 is 10.1 Å². The third kappa shape index (κ3) is 4.15. The molecule has 1 heterocycles. The number of fused-ring (bicyclic) bond motifs is 1. The normalized spacial score (nSPS) is 21.8. The number of hydrogen-bond acceptors (Lipinski definition) is 3. The minimum Gasteiger partial charge on any atom is -0.490 e. The van der Waals surface area contributed by atoms with E-state index in [-0.39, 0.29) is 0 Å². The number of ether oxygens (including phenoxy) is 1. The second-order valence-corrected chi connectivity index (χ2v) is 6.40. The van der Waals surface area contributed by atoms with Gasteiger partial charge in [0.05, 0.1) is 0 Å². The van der Waals surface area contributed by atoms with Gasteiger partial charge in [-0.1, -0.05) is 32.0 Å². The first-order valence-electron chi connectivity index (χ1n) is 7.41. The predicted molar refractivity (Wildman–Crippen MR) is 84.1 cm³/mol. The van der Waals surface area contributed by atoms with Crippen molar-refractivity contribution in [3.05, 3.63) is 29.8 Å². The summed E-state index contributed by atoms with van der Waals surface area (Å²) in [6, 6.07) is 8.94. The molecule has 0 aromatic heterocycles. The number of hydrogen-bond donors (Lipinski definition) is 1. The van der Waals surface area contributed by atoms with Gasteiger partial charge in [0, 0.05) is 18.0 Å². The molecule has 106 valence electrons. The first-order valence-corrected chi connectivity index (χ1v) is 8.57. The van der Waals surface area contributed by atoms with Gasteiger partial charge >= 0.3 is 0 Å². The average molecular weight is 279 g/mol. The summed E-state index contributed by atoms with van der Waals surface area (Å²) in [5.74, 6) is 3.47. The molecule has 1 aliphatic rings. The Morgan fingerprint density at radius 1 is 1.32 bits per heavy atom. The summed E-state index contributed by atoms with van der Waals surface area (Å²) in [4.78, 5) is 0. The van der Waals surface area contributed by atoms with Gasteiger partial charge in [-0.25, -0.2) is 0 Å². The highest BCUT2D eigenvalue weighted by Gasteiger charge is 2.27. The van der Waals surface area contributed by atoms with Crippen molar-refractivity contribution in [3.8, 4) is 5.75 Å². The zero-order chi connectivity index (χ0) is 13.5. The van der Waals surface area contributed by atoms with Gasteiger partial charge in [0.1, 0.15) is 11.9 Å². The van der Waals surface area contributed by atoms with Crippen LogP contribution in [0.5, 0.6) is 5.75 Å². The second-order valence-electron chi connectivity index (χ2n) is 5.01. The Morgan fingerprint density at radius 3 is 2.95 bits per heavy atom. The fourth-order valence-corrected chi connectivity index (χ4v) is 3.26. The van der Waals surface area contributed by atoms with Crippen LogP contribution in [0.2, 0.25) is 0 Å². The van der Waals surface area contributed by atoms with E-state index in [1.165, 1.54) is 23.5 Å². The van der Waals surface area contributed by atoms with Crippen molar-refractivity contribution >= 4 is 11.8 Å². The largest absolute Gasteiger partial charge is 0.490 e. The van der Waals surface area contributed by atoms with Crippen LogP contribution in [-0.2, 0) is 0 Å². The topological polar surface area (TPSA) is 21.3 Å². The fraction of sp³-hybridized carbons (Fsp3) is 0.625. The van der Waals surface area contributed by atoms with Gasteiger partial charge in [0.25, 0.3) is 0 Å². The maximum atomic E-state index is 6.14. The summed E-state index contributed by atoms with van der Waals surface area (Å²) >= 11 is 2.00. The summed E-state index contributed by atoms with van der Waals surface area (Å²) in [6.45, 7) is 5.51. The van der Waals surface area contributed by atoms with E-state index in [1.54, 1.807) is 0 Å². The van der Waals surface area contributed by atoms with Gasteiger partial charge in [-0.15, -0.1) is 0 Å². The molecule has 0 bridgehead atoms. The Morgan fingerprint density at radius 2 is 2.16 bits per heavy atom. The smallest absolute Gasteiger partial charge is 0.124 e. The highest BCUT2D eigenvalue weighted by molar-refractivity contribution is 7.99. The van der Waals surface area contributed by atoms with Crippen LogP contribution >= 0.6 is 11.8 Å². The molecule has 1 aliphatic heterocycles. The van der Waals surface area contributed by atoms with Gasteiger partial charge in [0.2, 0.25) is 0 Å². The standard InChI is InChI=1S/C16H25NOS/c1-3-10-17-15-12-13(9-11-19-4-2)18-16-8-6-5-7-14(15)16/h5-8,13,15,17H,3-4,9-12H2,1-2H3. The summed E-state index contributed by atoms with van der Waals surface area (Å²) in [5.41, 5.74) is 1.33. The van der Waals surface area contributed by atoms with Crippen LogP contribution in [0.25, 0.3) is 0 Å². The molecule has 0 saturated heterocycles. The third-order valence-corrected chi connectivity index (χ3v) is 4.45. The molecule has 0 spiro atoms. The van der Waals surface area contributed by atoms with Crippen molar-refractivity contribution in [1.82, 2.24) is 5.32 Å². The lowest BCUT2D eigenvalue weighted by Crippen LogP contribution is -2.33. The summed E-state index contributed by atoms with van der Waals surface area (Å²) in [6.07, 6.45) is 3.79. The number of thioether (sulfide) groups is 1. The number of benzene rings is 1. The Balaban J connectivity index is 2.01. The molecule has 1 N–H and O–H groups in total. The molecule has 2 rings (SSSR count). The number of rotatable bonds is 7. The summed E-state index contributed by atoms with van der Waals surface area (Å²) in [7, 11) is 0. The lowest BCUT2D eigenvalue weighted by molar-refractivity contribution is 0.147. The Bertz CT molecular complexity index is 383. The predicted octanol–water partition coefficient (Wildman–Crippen LogP) is 4.02. The van der Waals surface area contributed by atoms with E-state index in [0.29, 0.717) is 12.1 Å². The van der Waals surface area contributed by atoms with E-state index in [4.69, 9.17) is 4.74 Å². The average Bonchev–Trinajstić information content (AvgIpc) is 2.45. The van der Waals surface area contributed by atoms with Crippen LogP contribution in [0.3, 0.4) is 0 Å². The fourth-order valence-electron chi connectivity index (χ4n) is 2.54. The second kappa shape index (κ2) is 7.81. The number of para-hydroxylation sites is 1. The van der Waals surface area contributed by atoms with Crippen molar-refractivity contribution < 1.29 is 4.74 Å². The number of nitrogens with one attached hydrogen (secondary N) is 1. The Kier molecular flexibility index (Phi) is 6.05. The van der Waals surface area contributed by atoms with E-state index in [2.05, 4.69) is 43.4 Å². The van der Waals surface area contributed by atoms with Crippen LogP contribution in [0.1, 0.15) is 44.7 Å². The first-order chi connectivity index (χ1) is 9.35. The minimum atomic E-state index is 0.364. The van der Waals surface area contributed by atoms with Crippen LogP contribution < -0.4 is 10.1 Å². The van der Waals surface area contributed by atoms with E-state index in [9.17, 15) is 0 Å². The SMILES string of the molecule is CCCNC1CC(CCSCC)Oc2ccccc21. The molecule has 0 aliphatic carbocycles. The lowest BCUT2D eigenvalue weighted by Gasteiger charge is -2.33. The molecule has 2 atom stereocenters. The van der Waals surface area contributed by atoms with E-state index in [0.717, 1.165) is 25.1 Å². The summed E-state index contributed by atoms with van der Waals surface area (Å²) in [5, 5.41) is 3.66. The maximum Gasteiger partial charge on any atom is 0.124 e. The zero-order valence-corrected chi connectivity index (χ0v) is 12.8. The van der Waals surface area contributed by atoms with Crippen molar-refractivity contribution in [2.45, 2.75) is 45.3 Å². The molecule has 3 heteroatoms. The van der Waals surface area contributed by atoms with E-state index < -0.39 is 0 Å². The van der Waals surface area contributed by atoms with Crippen LogP contribution in [0.4, 0.5) is 0 Å². The lowest BCUT2D eigenvalue weighted by atomic mass is 9.95. The molecule has 1 aromatic rings. The van der Waals surface area contributed by atoms with Crippen LogP contribution in [0, 0.1) is 0 Å². The third-order valence-electron chi connectivity index (χ3n) is 3.52. The quantitative estimate of drug-likeness (QED) is 0.762. The van der Waals surface area contributed by atoms with Crippen molar-refractivity contribution in [1.29, 1.82) is 0 Å². The van der Waals surface area contributed by atoms with Gasteiger partial charge in [0.15, 0.2) is 0 Å². The molecule has 0 radical (unpaired) electrons. The first kappa shape index (κ1) is 14.7. The maximum absolute atomic E-state index is 6.14. The molecule has 1 aromatic carbocycles. The van der Waals surface area contributed by atoms with Crippen LogP contribution in [-0.4, -0.2) is 24.2 Å². The Labute approximate surface area is 121 Å². The highest BCUT2D eigenvalue weighted by atomic mass is 32.2. The highest BCUT2D eigenvalue weighted by Crippen LogP contribution is 2.35. The van der Waals surface area contributed by atoms with E-state index >= 15 is 0 Å². The van der Waals surface area contributed by atoms with Crippen molar-refractivity contribution in [2.24, 2.45) is 0 Å². The molecular formula is C16H25NOS. The molecule has 2 unspecified atom stereocenters. The zero-order valence-electron chi connectivity index (χ0n) is 12.0. The molecule has 0 amide bonds. The minimum absolute atomic E-state index is 0.364. The van der Waals surface area contributed by atoms with Gasteiger partial charge in [-0.2, -0.15) is 11.8 Å². The molecule has 0 fully saturated rings. The van der Waals surface area contributed by atoms with Gasteiger partial charge in [-0.3, -0.25) is 0 Å². The molecular weight excluding hydrogens is 254 g/mol. The molecule has 19 heavy (non-hydrogen) atoms. The Hall–Kier alpha value is -0.670. The summed E-state index contributed by atoms with van der Waals surface area (Å²) < 4.78 is 6.14. The monoisotopic (exact) mass is 279 g/mol. The van der Waals surface area contributed by atoms with Crippen molar-refractivity contribution in [3.63, 3.8) is 0 Å². The molecule has 2 nitrogen and oxygen atoms in total. The molecule has 0 saturated carbocycles. The van der Waals surface area contributed by atoms with Crippen molar-refractivity contribution in [2.75, 3.05) is 18.1 Å². The van der Waals surface area contributed by atoms with E-state index in [1.807, 2.05) is 11.8 Å². The van der Waals surface area contributed by atoms with Gasteiger partial charge in [-0.05, 0) is 37.0 Å². The van der Waals surface area contributed by atoms with Crippen LogP contribution in [0.15, 0.2) is 24.3 Å².